The zero-order valence-electron chi connectivity index (χ0n) is 14.6. The van der Waals surface area contributed by atoms with Crippen molar-refractivity contribution < 1.29 is 15.0 Å². The van der Waals surface area contributed by atoms with Crippen LogP contribution >= 0.6 is 0 Å². The normalized spacial score (nSPS) is 38.4. The van der Waals surface area contributed by atoms with Gasteiger partial charge in [0, 0.05) is 30.3 Å². The maximum absolute atomic E-state index is 12.9. The van der Waals surface area contributed by atoms with Crippen LogP contribution in [0.15, 0.2) is 41.5 Å². The molecule has 1 amide bonds. The molecule has 1 spiro atoms. The Bertz CT molecular complexity index is 905. The summed E-state index contributed by atoms with van der Waals surface area (Å²) in [5.41, 5.74) is 4.43. The van der Waals surface area contributed by atoms with Crippen molar-refractivity contribution in [1.82, 2.24) is 4.90 Å². The van der Waals surface area contributed by atoms with Crippen LogP contribution in [-0.4, -0.2) is 52.8 Å². The molecule has 2 bridgehead atoms. The van der Waals surface area contributed by atoms with Crippen molar-refractivity contribution in [2.24, 2.45) is 5.92 Å². The molecular weight excluding hydrogens is 328 g/mol. The zero-order chi connectivity index (χ0) is 17.6. The number of amides is 1. The van der Waals surface area contributed by atoms with Crippen LogP contribution in [0.4, 0.5) is 5.69 Å². The lowest BCUT2D eigenvalue weighted by atomic mass is 9.57. The number of aliphatic hydroxyl groups excluding tert-OH is 1. The number of carbonyl (C=O) groups excluding carboxylic acids is 1. The van der Waals surface area contributed by atoms with Crippen molar-refractivity contribution in [2.45, 2.75) is 36.8 Å². The van der Waals surface area contributed by atoms with Gasteiger partial charge in [0.1, 0.15) is 5.75 Å². The first-order valence-corrected chi connectivity index (χ1v) is 9.55. The van der Waals surface area contributed by atoms with E-state index < -0.39 is 0 Å². The second-order valence-electron chi connectivity index (χ2n) is 8.27. The Morgan fingerprint density at radius 3 is 3.08 bits per heavy atom. The molecule has 4 atom stereocenters. The largest absolute Gasteiger partial charge is 0.506 e. The molecule has 2 saturated heterocycles. The highest BCUT2D eigenvalue weighted by atomic mass is 16.3. The van der Waals surface area contributed by atoms with Crippen molar-refractivity contribution in [2.75, 3.05) is 24.6 Å². The fourth-order valence-electron chi connectivity index (χ4n) is 6.68. The second-order valence-corrected chi connectivity index (χ2v) is 8.27. The Labute approximate surface area is 152 Å². The molecule has 1 aromatic carbocycles. The minimum absolute atomic E-state index is 0.0168. The molecular formula is C21H22N2O3. The topological polar surface area (TPSA) is 64.0 Å². The summed E-state index contributed by atoms with van der Waals surface area (Å²) in [7, 11) is 0. The van der Waals surface area contributed by atoms with Gasteiger partial charge in [-0.05, 0) is 36.6 Å². The lowest BCUT2D eigenvalue weighted by molar-refractivity contribution is -0.118. The maximum Gasteiger partial charge on any atom is 0.231 e. The number of piperidine rings is 1. The third-order valence-electron chi connectivity index (χ3n) is 7.50. The number of aliphatic hydroxyl groups is 1. The summed E-state index contributed by atoms with van der Waals surface area (Å²) in [5, 5.41) is 20.1. The summed E-state index contributed by atoms with van der Waals surface area (Å²) in [6, 6.07) is 6.16. The summed E-state index contributed by atoms with van der Waals surface area (Å²) >= 11 is 0. The number of phenolic OH excluding ortho intramolecular Hbond substituents is 1. The molecule has 26 heavy (non-hydrogen) atoms. The van der Waals surface area contributed by atoms with Gasteiger partial charge < -0.3 is 15.1 Å². The van der Waals surface area contributed by atoms with Gasteiger partial charge in [0.25, 0.3) is 0 Å². The van der Waals surface area contributed by atoms with Gasteiger partial charge in [-0.25, -0.2) is 0 Å². The first kappa shape index (κ1) is 15.0. The minimum Gasteiger partial charge on any atom is -0.506 e. The number of para-hydroxylation sites is 1. The van der Waals surface area contributed by atoms with Gasteiger partial charge in [0.15, 0.2) is 0 Å². The SMILES string of the molecule is O=C1CC=C2[C@H]3C[C@@H]4N(CC[C@]45c4cccc(O)c4N1[C@H]25)C/C3=C/CO. The Morgan fingerprint density at radius 2 is 2.23 bits per heavy atom. The number of fused-ring (bicyclic) bond motifs is 4. The van der Waals surface area contributed by atoms with E-state index in [9.17, 15) is 15.0 Å². The van der Waals surface area contributed by atoms with Gasteiger partial charge in [0.05, 0.1) is 18.3 Å². The van der Waals surface area contributed by atoms with Gasteiger partial charge >= 0.3 is 0 Å². The van der Waals surface area contributed by atoms with E-state index >= 15 is 0 Å². The van der Waals surface area contributed by atoms with Crippen LogP contribution in [0.1, 0.15) is 24.8 Å². The van der Waals surface area contributed by atoms with E-state index in [4.69, 9.17) is 0 Å². The number of carbonyl (C=O) groups is 1. The molecule has 1 aromatic rings. The molecule has 0 aromatic heterocycles. The summed E-state index contributed by atoms with van der Waals surface area (Å²) in [6.45, 7) is 1.97. The number of nitrogens with zero attached hydrogens (tertiary/aromatic N) is 2. The molecule has 1 aliphatic carbocycles. The van der Waals surface area contributed by atoms with E-state index in [-0.39, 0.29) is 29.7 Å². The number of anilines is 1. The highest BCUT2D eigenvalue weighted by molar-refractivity contribution is 6.02. The molecule has 5 heteroatoms. The van der Waals surface area contributed by atoms with Crippen molar-refractivity contribution in [1.29, 1.82) is 0 Å². The minimum atomic E-state index is -0.1000. The number of aromatic hydroxyl groups is 1. The third kappa shape index (κ3) is 1.50. The van der Waals surface area contributed by atoms with Crippen LogP contribution in [0, 0.1) is 5.92 Å². The van der Waals surface area contributed by atoms with Crippen molar-refractivity contribution in [3.05, 3.63) is 47.1 Å². The van der Waals surface area contributed by atoms with Crippen molar-refractivity contribution in [3.8, 4) is 5.75 Å². The summed E-state index contributed by atoms with van der Waals surface area (Å²) in [6.07, 6.45) is 6.57. The molecule has 4 heterocycles. The van der Waals surface area contributed by atoms with Crippen LogP contribution in [-0.2, 0) is 10.2 Å². The summed E-state index contributed by atoms with van der Waals surface area (Å²) in [5.74, 6) is 0.621. The van der Waals surface area contributed by atoms with Gasteiger partial charge in [-0.3, -0.25) is 9.69 Å². The quantitative estimate of drug-likeness (QED) is 0.757. The molecule has 2 N–H and O–H groups in total. The van der Waals surface area contributed by atoms with Gasteiger partial charge in [-0.15, -0.1) is 0 Å². The molecule has 0 unspecified atom stereocenters. The summed E-state index contributed by atoms with van der Waals surface area (Å²) in [4.78, 5) is 17.4. The molecule has 134 valence electrons. The smallest absolute Gasteiger partial charge is 0.231 e. The van der Waals surface area contributed by atoms with Crippen LogP contribution in [0.25, 0.3) is 0 Å². The number of benzene rings is 1. The van der Waals surface area contributed by atoms with E-state index in [1.165, 1.54) is 11.1 Å². The zero-order valence-corrected chi connectivity index (χ0v) is 14.6. The van der Waals surface area contributed by atoms with Gasteiger partial charge in [-0.1, -0.05) is 29.9 Å². The molecule has 5 nitrogen and oxygen atoms in total. The first-order chi connectivity index (χ1) is 12.7. The highest BCUT2D eigenvalue weighted by Gasteiger charge is 2.67. The molecule has 6 rings (SSSR count). The van der Waals surface area contributed by atoms with Crippen LogP contribution in [0.3, 0.4) is 0 Å². The number of phenols is 1. The number of hydrogen-bond donors (Lipinski definition) is 2. The van der Waals surface area contributed by atoms with E-state index in [0.717, 1.165) is 37.2 Å². The van der Waals surface area contributed by atoms with Gasteiger partial charge in [0.2, 0.25) is 5.91 Å². The number of rotatable bonds is 1. The van der Waals surface area contributed by atoms with E-state index in [2.05, 4.69) is 17.0 Å². The van der Waals surface area contributed by atoms with Crippen LogP contribution < -0.4 is 4.90 Å². The Hall–Kier alpha value is -2.11. The monoisotopic (exact) mass is 350 g/mol. The van der Waals surface area contributed by atoms with E-state index in [0.29, 0.717) is 18.4 Å². The summed E-state index contributed by atoms with van der Waals surface area (Å²) < 4.78 is 0. The van der Waals surface area contributed by atoms with Gasteiger partial charge in [-0.2, -0.15) is 0 Å². The molecule has 1 saturated carbocycles. The second kappa shape index (κ2) is 4.78. The molecule has 0 radical (unpaired) electrons. The van der Waals surface area contributed by atoms with E-state index in [1.54, 1.807) is 6.07 Å². The fourth-order valence-corrected chi connectivity index (χ4v) is 6.68. The Morgan fingerprint density at radius 1 is 1.35 bits per heavy atom. The highest BCUT2D eigenvalue weighted by Crippen LogP contribution is 2.65. The van der Waals surface area contributed by atoms with Crippen LogP contribution in [0.5, 0.6) is 5.75 Å². The third-order valence-corrected chi connectivity index (χ3v) is 7.50. The lowest BCUT2D eigenvalue weighted by Crippen LogP contribution is -2.62. The standard InChI is InChI=1S/C21H22N2O3/c24-9-6-12-11-22-8-7-21-15-2-1-3-16(25)19(15)23-18(26)5-4-13(20(21)23)14(12)10-17(21)22/h1-4,6,14,17,20,24-25H,5,7-11H2/b12-6-/t14-,17-,20+,21-/m0/s1. The average molecular weight is 350 g/mol. The van der Waals surface area contributed by atoms with Crippen LogP contribution in [0.2, 0.25) is 0 Å². The maximum atomic E-state index is 12.9. The predicted octanol–water partition coefficient (Wildman–Crippen LogP) is 1.70. The Kier molecular flexibility index (Phi) is 2.76. The van der Waals surface area contributed by atoms with E-state index in [1.807, 2.05) is 17.0 Å². The van der Waals surface area contributed by atoms with Crippen molar-refractivity contribution in [3.63, 3.8) is 0 Å². The average Bonchev–Trinajstić information content (AvgIpc) is 3.17. The lowest BCUT2D eigenvalue weighted by Gasteiger charge is -2.54. The molecule has 3 fully saturated rings. The molecule has 4 aliphatic heterocycles. The number of hydrogen-bond acceptors (Lipinski definition) is 4. The predicted molar refractivity (Wildman–Crippen MR) is 97.0 cm³/mol. The molecule has 5 aliphatic rings. The van der Waals surface area contributed by atoms with Crippen molar-refractivity contribution >= 4 is 11.6 Å². The fraction of sp³-hybridized carbons (Fsp3) is 0.476. The first-order valence-electron chi connectivity index (χ1n) is 9.55. The Balaban J connectivity index is 1.65.